The van der Waals surface area contributed by atoms with Gasteiger partial charge in [0.25, 0.3) is 0 Å². The maximum absolute atomic E-state index is 11.1. The summed E-state index contributed by atoms with van der Waals surface area (Å²) in [7, 11) is 0. The molecule has 0 saturated carbocycles. The van der Waals surface area contributed by atoms with Crippen molar-refractivity contribution in [3.8, 4) is 5.75 Å². The highest BCUT2D eigenvalue weighted by atomic mass is 16.5. The van der Waals surface area contributed by atoms with Crippen LogP contribution in [-0.2, 0) is 0 Å². The van der Waals surface area contributed by atoms with E-state index < -0.39 is 0 Å². The molecule has 0 amide bonds. The molecule has 15 heavy (non-hydrogen) atoms. The average Bonchev–Trinajstić information content (AvgIpc) is 2.25. The van der Waals surface area contributed by atoms with E-state index in [1.54, 1.807) is 18.2 Å². The lowest BCUT2D eigenvalue weighted by atomic mass is 10.2. The Labute approximate surface area is 86.1 Å². The van der Waals surface area contributed by atoms with Gasteiger partial charge in [-0.25, -0.2) is 0 Å². The van der Waals surface area contributed by atoms with Crippen LogP contribution in [0.1, 0.15) is 0 Å². The molecule has 0 aliphatic heterocycles. The largest absolute Gasteiger partial charge is 0.491 e. The summed E-state index contributed by atoms with van der Waals surface area (Å²) in [5, 5.41) is 9.55. The number of aromatic amines is 1. The zero-order chi connectivity index (χ0) is 10.7. The van der Waals surface area contributed by atoms with E-state index in [-0.39, 0.29) is 18.8 Å². The average molecular weight is 205 g/mol. The van der Waals surface area contributed by atoms with Crippen molar-refractivity contribution in [2.75, 3.05) is 13.2 Å². The Morgan fingerprint density at radius 1 is 1.27 bits per heavy atom. The minimum Gasteiger partial charge on any atom is -0.491 e. The predicted octanol–water partition coefficient (Wildman–Crippen LogP) is 0.899. The second-order valence-electron chi connectivity index (χ2n) is 3.14. The molecular formula is C11H11NO3. The molecule has 0 saturated heterocycles. The Morgan fingerprint density at radius 3 is 2.87 bits per heavy atom. The van der Waals surface area contributed by atoms with E-state index in [2.05, 4.69) is 4.98 Å². The lowest BCUT2D eigenvalue weighted by molar-refractivity contribution is 0.201. The molecule has 0 atom stereocenters. The van der Waals surface area contributed by atoms with E-state index in [1.165, 1.54) is 6.07 Å². The molecule has 4 nitrogen and oxygen atoms in total. The topological polar surface area (TPSA) is 62.3 Å². The number of nitrogens with one attached hydrogen (secondary N) is 1. The van der Waals surface area contributed by atoms with Gasteiger partial charge in [0.1, 0.15) is 12.4 Å². The van der Waals surface area contributed by atoms with Crippen LogP contribution in [0.5, 0.6) is 5.75 Å². The lowest BCUT2D eigenvalue weighted by Gasteiger charge is -2.04. The third-order valence-electron chi connectivity index (χ3n) is 2.06. The van der Waals surface area contributed by atoms with Gasteiger partial charge in [0.05, 0.1) is 12.1 Å². The summed E-state index contributed by atoms with van der Waals surface area (Å²) in [6, 6.07) is 8.64. The number of aromatic nitrogens is 1. The Balaban J connectivity index is 2.40. The highest BCUT2D eigenvalue weighted by Crippen LogP contribution is 2.17. The van der Waals surface area contributed by atoms with Gasteiger partial charge >= 0.3 is 0 Å². The molecule has 0 fully saturated rings. The number of aliphatic hydroxyl groups is 1. The van der Waals surface area contributed by atoms with Gasteiger partial charge in [-0.3, -0.25) is 4.79 Å². The van der Waals surface area contributed by atoms with E-state index in [9.17, 15) is 4.79 Å². The van der Waals surface area contributed by atoms with Crippen LogP contribution in [0.15, 0.2) is 35.1 Å². The first-order chi connectivity index (χ1) is 7.29. The van der Waals surface area contributed by atoms with Gasteiger partial charge in [-0.15, -0.1) is 0 Å². The zero-order valence-electron chi connectivity index (χ0n) is 8.06. The van der Waals surface area contributed by atoms with Crippen LogP contribution in [-0.4, -0.2) is 23.3 Å². The van der Waals surface area contributed by atoms with E-state index >= 15 is 0 Å². The Bertz CT molecular complexity index is 518. The van der Waals surface area contributed by atoms with Crippen LogP contribution in [0.4, 0.5) is 0 Å². The maximum Gasteiger partial charge on any atom is 0.248 e. The smallest absolute Gasteiger partial charge is 0.248 e. The van der Waals surface area contributed by atoms with Crippen molar-refractivity contribution >= 4 is 10.9 Å². The number of H-pyrrole nitrogens is 1. The van der Waals surface area contributed by atoms with E-state index in [4.69, 9.17) is 9.84 Å². The number of aliphatic hydroxyl groups excluding tert-OH is 1. The van der Waals surface area contributed by atoms with Gasteiger partial charge in [-0.05, 0) is 23.6 Å². The van der Waals surface area contributed by atoms with Crippen molar-refractivity contribution in [2.24, 2.45) is 0 Å². The van der Waals surface area contributed by atoms with Crippen molar-refractivity contribution in [3.05, 3.63) is 40.7 Å². The Hall–Kier alpha value is -1.81. The number of ether oxygens (including phenoxy) is 1. The number of fused-ring (bicyclic) bond motifs is 1. The van der Waals surface area contributed by atoms with Crippen LogP contribution in [0.3, 0.4) is 0 Å². The molecule has 0 radical (unpaired) electrons. The van der Waals surface area contributed by atoms with Crippen LogP contribution >= 0.6 is 0 Å². The molecule has 0 spiro atoms. The molecule has 78 valence electrons. The fraction of sp³-hybridized carbons (Fsp3) is 0.182. The molecule has 2 N–H and O–H groups in total. The minimum atomic E-state index is -0.137. The van der Waals surface area contributed by atoms with Gasteiger partial charge in [-0.2, -0.15) is 0 Å². The Morgan fingerprint density at radius 2 is 2.07 bits per heavy atom. The van der Waals surface area contributed by atoms with Gasteiger partial charge in [0.15, 0.2) is 0 Å². The highest BCUT2D eigenvalue weighted by molar-refractivity contribution is 5.79. The summed E-state index contributed by atoms with van der Waals surface area (Å²) in [5.74, 6) is 0.637. The molecule has 1 heterocycles. The summed E-state index contributed by atoms with van der Waals surface area (Å²) >= 11 is 0. The molecule has 0 aliphatic carbocycles. The van der Waals surface area contributed by atoms with Gasteiger partial charge in [0, 0.05) is 12.1 Å². The van der Waals surface area contributed by atoms with Crippen molar-refractivity contribution in [3.63, 3.8) is 0 Å². The normalized spacial score (nSPS) is 10.5. The molecule has 2 aromatic rings. The van der Waals surface area contributed by atoms with Gasteiger partial charge in [0.2, 0.25) is 5.56 Å². The molecule has 1 aromatic carbocycles. The number of benzene rings is 1. The second-order valence-corrected chi connectivity index (χ2v) is 3.14. The lowest BCUT2D eigenvalue weighted by Crippen LogP contribution is -2.04. The van der Waals surface area contributed by atoms with E-state index in [0.29, 0.717) is 5.75 Å². The van der Waals surface area contributed by atoms with Gasteiger partial charge < -0.3 is 14.8 Å². The van der Waals surface area contributed by atoms with Gasteiger partial charge in [-0.1, -0.05) is 0 Å². The molecule has 2 rings (SSSR count). The van der Waals surface area contributed by atoms with Crippen molar-refractivity contribution in [2.45, 2.75) is 0 Å². The molecule has 0 bridgehead atoms. The van der Waals surface area contributed by atoms with E-state index in [1.807, 2.05) is 6.07 Å². The fourth-order valence-electron chi connectivity index (χ4n) is 1.38. The second kappa shape index (κ2) is 4.14. The van der Waals surface area contributed by atoms with Crippen LogP contribution in [0, 0.1) is 0 Å². The Kier molecular flexibility index (Phi) is 2.69. The quantitative estimate of drug-likeness (QED) is 0.782. The highest BCUT2D eigenvalue weighted by Gasteiger charge is 1.97. The molecule has 4 heteroatoms. The van der Waals surface area contributed by atoms with Crippen molar-refractivity contribution < 1.29 is 9.84 Å². The molecular weight excluding hydrogens is 194 g/mol. The maximum atomic E-state index is 11.1. The summed E-state index contributed by atoms with van der Waals surface area (Å²) in [6.07, 6.45) is 0. The van der Waals surface area contributed by atoms with Crippen molar-refractivity contribution in [1.29, 1.82) is 0 Å². The number of rotatable bonds is 3. The predicted molar refractivity (Wildman–Crippen MR) is 57.1 cm³/mol. The molecule has 1 aromatic heterocycles. The zero-order valence-corrected chi connectivity index (χ0v) is 8.06. The third-order valence-corrected chi connectivity index (χ3v) is 2.06. The number of hydrogen-bond donors (Lipinski definition) is 2. The molecule has 0 aliphatic rings. The summed E-state index contributed by atoms with van der Waals surface area (Å²) in [5.41, 5.74) is 0.597. The van der Waals surface area contributed by atoms with E-state index in [0.717, 1.165) is 10.9 Å². The SMILES string of the molecule is O=c1ccc2ccc(OCCO)cc2[nH]1. The fourth-order valence-corrected chi connectivity index (χ4v) is 1.38. The molecule has 0 unspecified atom stereocenters. The van der Waals surface area contributed by atoms with Crippen LogP contribution in [0.25, 0.3) is 10.9 Å². The summed E-state index contributed by atoms with van der Waals surface area (Å²) in [4.78, 5) is 13.8. The third kappa shape index (κ3) is 2.16. The summed E-state index contributed by atoms with van der Waals surface area (Å²) < 4.78 is 5.23. The first-order valence-corrected chi connectivity index (χ1v) is 4.66. The first kappa shape index (κ1) is 9.73. The standard InChI is InChI=1S/C11H11NO3/c13-5-6-15-9-3-1-8-2-4-11(14)12-10(8)7-9/h1-4,7,13H,5-6H2,(H,12,14). The van der Waals surface area contributed by atoms with Crippen LogP contribution < -0.4 is 10.3 Å². The monoisotopic (exact) mass is 205 g/mol. The van der Waals surface area contributed by atoms with Crippen molar-refractivity contribution in [1.82, 2.24) is 4.98 Å². The number of hydrogen-bond acceptors (Lipinski definition) is 3. The first-order valence-electron chi connectivity index (χ1n) is 4.66. The summed E-state index contributed by atoms with van der Waals surface area (Å²) in [6.45, 7) is 0.228. The number of pyridine rings is 1. The minimum absolute atomic E-state index is 0.0245. The van der Waals surface area contributed by atoms with Crippen LogP contribution in [0.2, 0.25) is 0 Å².